The molecule has 0 bridgehead atoms. The van der Waals surface area contributed by atoms with Gasteiger partial charge in [-0.2, -0.15) is 0 Å². The number of carbonyl (C=O) groups is 1. The lowest BCUT2D eigenvalue weighted by Crippen LogP contribution is -2.27. The maximum atomic E-state index is 12.5. The molecule has 1 aliphatic rings. The van der Waals surface area contributed by atoms with E-state index in [9.17, 15) is 9.59 Å². The largest absolute Gasteiger partial charge is 0.355 e. The molecule has 0 unspecified atom stereocenters. The van der Waals surface area contributed by atoms with Gasteiger partial charge in [-0.25, -0.2) is 4.98 Å². The van der Waals surface area contributed by atoms with Crippen LogP contribution in [-0.2, 0) is 29.8 Å². The Morgan fingerprint density at radius 1 is 1.21 bits per heavy atom. The number of hydrogen-bond acceptors (Lipinski definition) is 5. The summed E-state index contributed by atoms with van der Waals surface area (Å²) in [6.45, 7) is 0.630. The van der Waals surface area contributed by atoms with E-state index in [0.29, 0.717) is 23.9 Å². The van der Waals surface area contributed by atoms with Crippen molar-refractivity contribution < 1.29 is 4.79 Å². The van der Waals surface area contributed by atoms with Gasteiger partial charge in [0.15, 0.2) is 0 Å². The molecule has 0 aliphatic heterocycles. The van der Waals surface area contributed by atoms with Crippen molar-refractivity contribution in [2.45, 2.75) is 37.9 Å². The SMILES string of the molecule is O=C(CSCc1nc2sc3c(c2c(=O)[nH]1)CCCC3)NCCc1ccccc1. The van der Waals surface area contributed by atoms with E-state index < -0.39 is 0 Å². The number of fused-ring (bicyclic) bond motifs is 3. The molecule has 0 radical (unpaired) electrons. The average molecular weight is 414 g/mol. The average Bonchev–Trinajstić information content (AvgIpc) is 3.07. The Bertz CT molecular complexity index is 1030. The molecular weight excluding hydrogens is 390 g/mol. The molecule has 0 spiro atoms. The molecule has 5 nitrogen and oxygen atoms in total. The Kier molecular flexibility index (Phi) is 6.12. The summed E-state index contributed by atoms with van der Waals surface area (Å²) in [5.74, 6) is 1.55. The first kappa shape index (κ1) is 19.2. The fraction of sp³-hybridized carbons (Fsp3) is 0.381. The van der Waals surface area contributed by atoms with Gasteiger partial charge in [0.25, 0.3) is 5.56 Å². The molecule has 3 aromatic rings. The number of aromatic nitrogens is 2. The van der Waals surface area contributed by atoms with Gasteiger partial charge in [0.05, 0.1) is 16.9 Å². The molecule has 146 valence electrons. The zero-order valence-electron chi connectivity index (χ0n) is 15.6. The van der Waals surface area contributed by atoms with Gasteiger partial charge >= 0.3 is 0 Å². The van der Waals surface area contributed by atoms with Crippen LogP contribution in [0.2, 0.25) is 0 Å². The van der Waals surface area contributed by atoms with Crippen molar-refractivity contribution in [2.24, 2.45) is 0 Å². The number of benzene rings is 1. The van der Waals surface area contributed by atoms with Gasteiger partial charge in [0.2, 0.25) is 5.91 Å². The normalized spacial score (nSPS) is 13.4. The second-order valence-corrected chi connectivity index (χ2v) is 9.05. The number of aryl methyl sites for hydroxylation is 2. The van der Waals surface area contributed by atoms with E-state index in [2.05, 4.69) is 27.4 Å². The van der Waals surface area contributed by atoms with Gasteiger partial charge in [0, 0.05) is 11.4 Å². The molecule has 1 amide bonds. The summed E-state index contributed by atoms with van der Waals surface area (Å²) in [4.78, 5) is 34.3. The zero-order valence-corrected chi connectivity index (χ0v) is 17.3. The fourth-order valence-corrected chi connectivity index (χ4v) is 5.56. The number of H-pyrrole nitrogens is 1. The summed E-state index contributed by atoms with van der Waals surface area (Å²) < 4.78 is 0. The van der Waals surface area contributed by atoms with Crippen molar-refractivity contribution in [3.8, 4) is 0 Å². The summed E-state index contributed by atoms with van der Waals surface area (Å²) in [6, 6.07) is 10.1. The molecule has 1 aromatic carbocycles. The van der Waals surface area contributed by atoms with Crippen LogP contribution < -0.4 is 10.9 Å². The van der Waals surface area contributed by atoms with Crippen LogP contribution in [0.3, 0.4) is 0 Å². The molecule has 0 saturated carbocycles. The second kappa shape index (κ2) is 8.92. The number of carbonyl (C=O) groups excluding carboxylic acids is 1. The number of nitrogens with one attached hydrogen (secondary N) is 2. The zero-order chi connectivity index (χ0) is 19.3. The van der Waals surface area contributed by atoms with Crippen molar-refractivity contribution in [2.75, 3.05) is 12.3 Å². The van der Waals surface area contributed by atoms with Crippen LogP contribution in [0.5, 0.6) is 0 Å². The highest BCUT2D eigenvalue weighted by Crippen LogP contribution is 2.33. The summed E-state index contributed by atoms with van der Waals surface area (Å²) in [7, 11) is 0. The molecule has 7 heteroatoms. The second-order valence-electron chi connectivity index (χ2n) is 6.98. The van der Waals surface area contributed by atoms with E-state index in [-0.39, 0.29) is 11.5 Å². The first-order valence-corrected chi connectivity index (χ1v) is 11.6. The van der Waals surface area contributed by atoms with Crippen LogP contribution in [0.4, 0.5) is 0 Å². The molecule has 0 fully saturated rings. The maximum absolute atomic E-state index is 12.5. The third-order valence-corrected chi connectivity index (χ3v) is 7.05. The van der Waals surface area contributed by atoms with Crippen molar-refractivity contribution in [1.82, 2.24) is 15.3 Å². The fourth-order valence-electron chi connectivity index (χ4n) is 3.56. The van der Waals surface area contributed by atoms with E-state index in [1.54, 1.807) is 11.3 Å². The van der Waals surface area contributed by atoms with E-state index in [0.717, 1.165) is 35.9 Å². The van der Waals surface area contributed by atoms with Crippen LogP contribution >= 0.6 is 23.1 Å². The predicted octanol–water partition coefficient (Wildman–Crippen LogP) is 3.46. The van der Waals surface area contributed by atoms with Crippen molar-refractivity contribution in [3.05, 3.63) is 62.5 Å². The van der Waals surface area contributed by atoms with Crippen molar-refractivity contribution >= 4 is 39.2 Å². The number of hydrogen-bond donors (Lipinski definition) is 2. The van der Waals surface area contributed by atoms with Gasteiger partial charge < -0.3 is 10.3 Å². The summed E-state index contributed by atoms with van der Waals surface area (Å²) in [5, 5.41) is 3.73. The highest BCUT2D eigenvalue weighted by atomic mass is 32.2. The summed E-state index contributed by atoms with van der Waals surface area (Å²) in [6.07, 6.45) is 5.21. The Labute approximate surface area is 172 Å². The third kappa shape index (κ3) is 4.47. The van der Waals surface area contributed by atoms with Gasteiger partial charge in [-0.15, -0.1) is 23.1 Å². The maximum Gasteiger partial charge on any atom is 0.259 e. The van der Waals surface area contributed by atoms with Crippen LogP contribution in [0.25, 0.3) is 10.2 Å². The van der Waals surface area contributed by atoms with Crippen LogP contribution in [0.1, 0.15) is 34.7 Å². The number of nitrogens with zero attached hydrogens (tertiary/aromatic N) is 1. The lowest BCUT2D eigenvalue weighted by atomic mass is 9.97. The monoisotopic (exact) mass is 413 g/mol. The topological polar surface area (TPSA) is 74.8 Å². The standard InChI is InChI=1S/C21H23N3O2S2/c25-18(22-11-10-14-6-2-1-3-7-14)13-27-12-17-23-20(26)19-15-8-4-5-9-16(15)28-21(19)24-17/h1-3,6-7H,4-5,8-13H2,(H,22,25)(H,23,24,26). The number of amides is 1. The van der Waals surface area contributed by atoms with Crippen molar-refractivity contribution in [1.29, 1.82) is 0 Å². The van der Waals surface area contributed by atoms with E-state index in [4.69, 9.17) is 0 Å². The lowest BCUT2D eigenvalue weighted by molar-refractivity contribution is -0.118. The molecule has 2 heterocycles. The van der Waals surface area contributed by atoms with Crippen LogP contribution in [0.15, 0.2) is 35.1 Å². The summed E-state index contributed by atoms with van der Waals surface area (Å²) >= 11 is 3.13. The smallest absolute Gasteiger partial charge is 0.259 e. The first-order chi connectivity index (χ1) is 13.7. The number of thiophene rings is 1. The molecule has 1 aliphatic carbocycles. The Morgan fingerprint density at radius 3 is 2.89 bits per heavy atom. The molecule has 0 saturated heterocycles. The third-order valence-electron chi connectivity index (χ3n) is 4.92. The van der Waals surface area contributed by atoms with Gasteiger partial charge in [0.1, 0.15) is 10.7 Å². The minimum Gasteiger partial charge on any atom is -0.355 e. The predicted molar refractivity (Wildman–Crippen MR) is 116 cm³/mol. The minimum absolute atomic E-state index is 0.0101. The van der Waals surface area contributed by atoms with Crippen LogP contribution in [0, 0.1) is 0 Å². The highest BCUT2D eigenvalue weighted by molar-refractivity contribution is 7.99. The van der Waals surface area contributed by atoms with Crippen LogP contribution in [-0.4, -0.2) is 28.2 Å². The Hall–Kier alpha value is -2.12. The molecule has 28 heavy (non-hydrogen) atoms. The van der Waals surface area contributed by atoms with E-state index in [1.807, 2.05) is 18.2 Å². The quantitative estimate of drug-likeness (QED) is 0.622. The van der Waals surface area contributed by atoms with Gasteiger partial charge in [-0.1, -0.05) is 30.3 Å². The molecular formula is C21H23N3O2S2. The van der Waals surface area contributed by atoms with Crippen molar-refractivity contribution in [3.63, 3.8) is 0 Å². The molecule has 0 atom stereocenters. The van der Waals surface area contributed by atoms with Gasteiger partial charge in [-0.05, 0) is 43.2 Å². The van der Waals surface area contributed by atoms with E-state index in [1.165, 1.54) is 34.2 Å². The number of rotatable bonds is 7. The molecule has 2 N–H and O–H groups in total. The molecule has 4 rings (SSSR count). The highest BCUT2D eigenvalue weighted by Gasteiger charge is 2.19. The number of thioether (sulfide) groups is 1. The Morgan fingerprint density at radius 2 is 2.04 bits per heavy atom. The Balaban J connectivity index is 1.29. The first-order valence-electron chi connectivity index (χ1n) is 9.62. The molecule has 2 aromatic heterocycles. The summed E-state index contributed by atoms with van der Waals surface area (Å²) in [5.41, 5.74) is 2.38. The minimum atomic E-state index is -0.0349. The van der Waals surface area contributed by atoms with E-state index >= 15 is 0 Å². The van der Waals surface area contributed by atoms with Gasteiger partial charge in [-0.3, -0.25) is 9.59 Å². The number of aromatic amines is 1. The lowest BCUT2D eigenvalue weighted by Gasteiger charge is -2.09.